The van der Waals surface area contributed by atoms with Crippen molar-refractivity contribution < 1.29 is 0 Å². The first-order chi connectivity index (χ1) is 10.0. The molecule has 0 fully saturated rings. The quantitative estimate of drug-likeness (QED) is 0.937. The Morgan fingerprint density at radius 2 is 2.24 bits per heavy atom. The molecule has 21 heavy (non-hydrogen) atoms. The molecule has 0 aromatic carbocycles. The fourth-order valence-electron chi connectivity index (χ4n) is 3.22. The van der Waals surface area contributed by atoms with Crippen molar-refractivity contribution in [3.63, 3.8) is 0 Å². The highest BCUT2D eigenvalue weighted by Gasteiger charge is 2.35. The second-order valence-electron chi connectivity index (χ2n) is 6.52. The van der Waals surface area contributed by atoms with Crippen LogP contribution in [0, 0.1) is 5.41 Å². The van der Waals surface area contributed by atoms with Crippen LogP contribution in [0.3, 0.4) is 0 Å². The van der Waals surface area contributed by atoms with Crippen LogP contribution < -0.4 is 5.32 Å². The van der Waals surface area contributed by atoms with Gasteiger partial charge >= 0.3 is 0 Å². The Balaban J connectivity index is 2.01. The Bertz CT molecular complexity index is 626. The van der Waals surface area contributed by atoms with Gasteiger partial charge in [0.05, 0.1) is 11.4 Å². The molecular weight excluding hydrogens is 280 g/mol. The Morgan fingerprint density at radius 3 is 2.95 bits per heavy atom. The van der Waals surface area contributed by atoms with Crippen molar-refractivity contribution in [2.75, 3.05) is 6.54 Å². The first-order valence-electron chi connectivity index (χ1n) is 7.79. The molecule has 0 saturated carbocycles. The maximum absolute atomic E-state index is 4.95. The number of nitrogens with one attached hydrogen (secondary N) is 1. The van der Waals surface area contributed by atoms with Gasteiger partial charge in [0.1, 0.15) is 5.01 Å². The van der Waals surface area contributed by atoms with Gasteiger partial charge in [0, 0.05) is 23.7 Å². The van der Waals surface area contributed by atoms with E-state index in [9.17, 15) is 0 Å². The Morgan fingerprint density at radius 1 is 1.43 bits per heavy atom. The molecule has 1 atom stereocenters. The molecule has 4 nitrogen and oxygen atoms in total. The number of aromatic nitrogens is 3. The lowest BCUT2D eigenvalue weighted by atomic mass is 9.76. The summed E-state index contributed by atoms with van der Waals surface area (Å²) in [6, 6.07) is 2.51. The minimum Gasteiger partial charge on any atom is -0.309 e. The Labute approximate surface area is 130 Å². The Hall–Kier alpha value is -1.20. The highest BCUT2D eigenvalue weighted by Crippen LogP contribution is 2.44. The van der Waals surface area contributed by atoms with Crippen LogP contribution in [0.2, 0.25) is 0 Å². The minimum atomic E-state index is 0.316. The van der Waals surface area contributed by atoms with Crippen LogP contribution >= 0.6 is 11.3 Å². The molecule has 1 N–H and O–H groups in total. The van der Waals surface area contributed by atoms with Crippen LogP contribution in [0.4, 0.5) is 0 Å². The smallest absolute Gasteiger partial charge is 0.142 e. The molecule has 2 aromatic rings. The number of nitrogens with zero attached hydrogens (tertiary/aromatic N) is 3. The Kier molecular flexibility index (Phi) is 3.88. The average Bonchev–Trinajstić information content (AvgIpc) is 3.02. The molecule has 2 aromatic heterocycles. The fraction of sp³-hybridized carbons (Fsp3) is 0.625. The van der Waals surface area contributed by atoms with Crippen molar-refractivity contribution in [1.82, 2.24) is 20.1 Å². The molecule has 5 heteroatoms. The number of hydrogen-bond acceptors (Lipinski definition) is 4. The van der Waals surface area contributed by atoms with Gasteiger partial charge in [-0.3, -0.25) is 4.68 Å². The predicted octanol–water partition coefficient (Wildman–Crippen LogP) is 3.65. The lowest BCUT2D eigenvalue weighted by Gasteiger charge is -2.34. The molecule has 1 aliphatic carbocycles. The van der Waals surface area contributed by atoms with Gasteiger partial charge < -0.3 is 5.32 Å². The standard InChI is InChI=1S/C16H24N4S/c1-5-17-11-9-16(3,4)10-12-14(11)21-15(19-12)13-7-8-18-20(13)6-2/h7-8,11,17H,5-6,9-10H2,1-4H3. The first-order valence-corrected chi connectivity index (χ1v) is 8.61. The van der Waals surface area contributed by atoms with E-state index in [0.29, 0.717) is 11.5 Å². The van der Waals surface area contributed by atoms with Gasteiger partial charge in [-0.25, -0.2) is 4.98 Å². The number of fused-ring (bicyclic) bond motifs is 1. The minimum absolute atomic E-state index is 0.316. The van der Waals surface area contributed by atoms with Crippen molar-refractivity contribution in [3.05, 3.63) is 22.8 Å². The van der Waals surface area contributed by atoms with E-state index in [1.54, 1.807) is 0 Å². The van der Waals surface area contributed by atoms with Gasteiger partial charge in [-0.15, -0.1) is 11.3 Å². The molecule has 3 rings (SSSR count). The van der Waals surface area contributed by atoms with Crippen LogP contribution in [-0.4, -0.2) is 21.3 Å². The summed E-state index contributed by atoms with van der Waals surface area (Å²) in [5.74, 6) is 0. The molecular formula is C16H24N4S. The van der Waals surface area contributed by atoms with E-state index in [4.69, 9.17) is 4.98 Å². The maximum Gasteiger partial charge on any atom is 0.142 e. The highest BCUT2D eigenvalue weighted by atomic mass is 32.1. The SMILES string of the molecule is CCNC1CC(C)(C)Cc2nc(-c3ccnn3CC)sc21. The molecule has 0 spiro atoms. The zero-order valence-corrected chi connectivity index (χ0v) is 14.1. The van der Waals surface area contributed by atoms with Crippen LogP contribution in [0.5, 0.6) is 0 Å². The summed E-state index contributed by atoms with van der Waals surface area (Å²) in [5, 5.41) is 9.11. The van der Waals surface area contributed by atoms with Crippen LogP contribution in [-0.2, 0) is 13.0 Å². The summed E-state index contributed by atoms with van der Waals surface area (Å²) in [6.07, 6.45) is 4.12. The molecule has 114 valence electrons. The molecule has 2 heterocycles. The first kappa shape index (κ1) is 14.7. The molecule has 0 radical (unpaired) electrons. The summed E-state index contributed by atoms with van der Waals surface area (Å²) in [6.45, 7) is 10.9. The zero-order chi connectivity index (χ0) is 15.0. The van der Waals surface area contributed by atoms with E-state index in [-0.39, 0.29) is 0 Å². The van der Waals surface area contributed by atoms with E-state index in [2.05, 4.69) is 44.2 Å². The lowest BCUT2D eigenvalue weighted by Crippen LogP contribution is -2.32. The van der Waals surface area contributed by atoms with E-state index in [1.165, 1.54) is 17.0 Å². The topological polar surface area (TPSA) is 42.7 Å². The normalized spacial score (nSPS) is 20.5. The van der Waals surface area contributed by atoms with E-state index in [1.807, 2.05) is 22.2 Å². The fourth-order valence-corrected chi connectivity index (χ4v) is 4.41. The van der Waals surface area contributed by atoms with Gasteiger partial charge in [-0.1, -0.05) is 20.8 Å². The molecule has 0 bridgehead atoms. The molecule has 0 amide bonds. The van der Waals surface area contributed by atoms with Gasteiger partial charge in [-0.2, -0.15) is 5.10 Å². The lowest BCUT2D eigenvalue weighted by molar-refractivity contribution is 0.260. The monoisotopic (exact) mass is 304 g/mol. The van der Waals surface area contributed by atoms with Gasteiger partial charge in [0.15, 0.2) is 0 Å². The number of thiazole rings is 1. The van der Waals surface area contributed by atoms with Gasteiger partial charge in [-0.05, 0) is 37.8 Å². The third kappa shape index (κ3) is 2.77. The third-order valence-electron chi connectivity index (χ3n) is 4.13. The van der Waals surface area contributed by atoms with Crippen LogP contribution in [0.15, 0.2) is 12.3 Å². The van der Waals surface area contributed by atoms with Crippen LogP contribution in [0.1, 0.15) is 50.7 Å². The molecule has 0 saturated heterocycles. The zero-order valence-electron chi connectivity index (χ0n) is 13.3. The van der Waals surface area contributed by atoms with E-state index < -0.39 is 0 Å². The largest absolute Gasteiger partial charge is 0.309 e. The second-order valence-corrected chi connectivity index (χ2v) is 7.55. The van der Waals surface area contributed by atoms with Crippen molar-refractivity contribution in [2.24, 2.45) is 5.41 Å². The van der Waals surface area contributed by atoms with Crippen LogP contribution in [0.25, 0.3) is 10.7 Å². The summed E-state index contributed by atoms with van der Waals surface area (Å²) >= 11 is 1.84. The molecule has 0 aliphatic heterocycles. The van der Waals surface area contributed by atoms with Crippen molar-refractivity contribution in [2.45, 2.75) is 53.1 Å². The van der Waals surface area contributed by atoms with Gasteiger partial charge in [0.2, 0.25) is 0 Å². The van der Waals surface area contributed by atoms with E-state index >= 15 is 0 Å². The number of aryl methyl sites for hydroxylation is 1. The van der Waals surface area contributed by atoms with Crippen molar-refractivity contribution in [1.29, 1.82) is 0 Å². The van der Waals surface area contributed by atoms with Gasteiger partial charge in [0.25, 0.3) is 0 Å². The summed E-state index contributed by atoms with van der Waals surface area (Å²) in [7, 11) is 0. The molecule has 1 unspecified atom stereocenters. The van der Waals surface area contributed by atoms with Crippen molar-refractivity contribution in [3.8, 4) is 10.7 Å². The predicted molar refractivity (Wildman–Crippen MR) is 87.5 cm³/mol. The third-order valence-corrected chi connectivity index (χ3v) is 5.37. The summed E-state index contributed by atoms with van der Waals surface area (Å²) in [5.41, 5.74) is 2.74. The number of rotatable bonds is 4. The van der Waals surface area contributed by atoms with E-state index in [0.717, 1.165) is 30.2 Å². The maximum atomic E-state index is 4.95. The second kappa shape index (κ2) is 5.54. The van der Waals surface area contributed by atoms with Crippen molar-refractivity contribution >= 4 is 11.3 Å². The highest BCUT2D eigenvalue weighted by molar-refractivity contribution is 7.15. The molecule has 1 aliphatic rings. The summed E-state index contributed by atoms with van der Waals surface area (Å²) < 4.78 is 2.03. The summed E-state index contributed by atoms with van der Waals surface area (Å²) in [4.78, 5) is 6.37. The average molecular weight is 304 g/mol. The number of hydrogen-bond donors (Lipinski definition) is 1.